The zero-order valence-electron chi connectivity index (χ0n) is 6.09. The van der Waals surface area contributed by atoms with Gasteiger partial charge in [-0.15, -0.1) is 11.8 Å². The lowest BCUT2D eigenvalue weighted by Gasteiger charge is -2.03. The lowest BCUT2D eigenvalue weighted by atomic mass is 10.4. The Balaban J connectivity index is 2.96. The summed E-state index contributed by atoms with van der Waals surface area (Å²) in [4.78, 5) is 5.22. The molecule has 0 unspecified atom stereocenters. The number of hydrogen-bond acceptors (Lipinski definition) is 3. The maximum Gasteiger partial charge on any atom is 0.0662 e. The summed E-state index contributed by atoms with van der Waals surface area (Å²) in [6.07, 6.45) is 5.68. The molecule has 0 amide bonds. The molecule has 0 aliphatic carbocycles. The standard InChI is InChI=1S/C7H10N2S/c1-8-6-5-9-4-3-7(6)10-2/h3-5,8H,1-2H3. The summed E-state index contributed by atoms with van der Waals surface area (Å²) < 4.78 is 0. The van der Waals surface area contributed by atoms with Crippen LogP contribution in [0.1, 0.15) is 0 Å². The van der Waals surface area contributed by atoms with Crippen LogP contribution in [0, 0.1) is 0 Å². The molecule has 10 heavy (non-hydrogen) atoms. The lowest BCUT2D eigenvalue weighted by Crippen LogP contribution is -1.90. The van der Waals surface area contributed by atoms with Crippen molar-refractivity contribution in [2.24, 2.45) is 0 Å². The van der Waals surface area contributed by atoms with Crippen molar-refractivity contribution in [2.75, 3.05) is 18.6 Å². The topological polar surface area (TPSA) is 24.9 Å². The van der Waals surface area contributed by atoms with Crippen molar-refractivity contribution < 1.29 is 0 Å². The van der Waals surface area contributed by atoms with Crippen molar-refractivity contribution in [3.8, 4) is 0 Å². The van der Waals surface area contributed by atoms with Gasteiger partial charge in [0.25, 0.3) is 0 Å². The van der Waals surface area contributed by atoms with Crippen molar-refractivity contribution in [3.05, 3.63) is 18.5 Å². The van der Waals surface area contributed by atoms with Gasteiger partial charge in [-0.2, -0.15) is 0 Å². The number of rotatable bonds is 2. The zero-order chi connectivity index (χ0) is 7.40. The molecular weight excluding hydrogens is 144 g/mol. The minimum Gasteiger partial charge on any atom is -0.386 e. The predicted octanol–water partition coefficient (Wildman–Crippen LogP) is 1.85. The second kappa shape index (κ2) is 3.46. The van der Waals surface area contributed by atoms with Gasteiger partial charge < -0.3 is 5.32 Å². The molecule has 0 aliphatic heterocycles. The largest absolute Gasteiger partial charge is 0.386 e. The van der Waals surface area contributed by atoms with Crippen LogP contribution in [-0.4, -0.2) is 18.3 Å². The van der Waals surface area contributed by atoms with Crippen LogP contribution in [0.5, 0.6) is 0 Å². The normalized spacial score (nSPS) is 9.40. The number of nitrogens with zero attached hydrogens (tertiary/aromatic N) is 1. The highest BCUT2D eigenvalue weighted by Gasteiger charge is 1.95. The van der Waals surface area contributed by atoms with Gasteiger partial charge in [-0.05, 0) is 12.3 Å². The van der Waals surface area contributed by atoms with E-state index in [1.165, 1.54) is 4.90 Å². The first-order valence-electron chi connectivity index (χ1n) is 3.04. The maximum absolute atomic E-state index is 3.99. The third-order valence-corrected chi connectivity index (χ3v) is 2.07. The van der Waals surface area contributed by atoms with E-state index in [0.29, 0.717) is 0 Å². The second-order valence-electron chi connectivity index (χ2n) is 1.83. The molecular formula is C7H10N2S. The highest BCUT2D eigenvalue weighted by Crippen LogP contribution is 2.22. The van der Waals surface area contributed by atoms with Gasteiger partial charge in [0.05, 0.1) is 11.9 Å². The molecule has 0 saturated heterocycles. The van der Waals surface area contributed by atoms with E-state index in [2.05, 4.69) is 16.6 Å². The molecule has 1 N–H and O–H groups in total. The van der Waals surface area contributed by atoms with E-state index in [1.807, 2.05) is 19.3 Å². The van der Waals surface area contributed by atoms with Crippen LogP contribution in [0.15, 0.2) is 23.4 Å². The number of thioether (sulfide) groups is 1. The number of pyridine rings is 1. The van der Waals surface area contributed by atoms with E-state index < -0.39 is 0 Å². The first-order chi connectivity index (χ1) is 4.88. The fourth-order valence-electron chi connectivity index (χ4n) is 0.747. The molecule has 1 heterocycles. The van der Waals surface area contributed by atoms with Crippen molar-refractivity contribution >= 4 is 17.4 Å². The molecule has 0 spiro atoms. The molecule has 0 aromatic carbocycles. The third-order valence-electron chi connectivity index (χ3n) is 1.27. The van der Waals surface area contributed by atoms with Gasteiger partial charge in [0.15, 0.2) is 0 Å². The number of anilines is 1. The molecule has 1 aromatic heterocycles. The summed E-state index contributed by atoms with van der Waals surface area (Å²) in [7, 11) is 1.90. The van der Waals surface area contributed by atoms with Crippen molar-refractivity contribution in [3.63, 3.8) is 0 Å². The molecule has 0 radical (unpaired) electrons. The number of aromatic nitrogens is 1. The fraction of sp³-hybridized carbons (Fsp3) is 0.286. The van der Waals surface area contributed by atoms with E-state index in [4.69, 9.17) is 0 Å². The maximum atomic E-state index is 3.99. The highest BCUT2D eigenvalue weighted by atomic mass is 32.2. The highest BCUT2D eigenvalue weighted by molar-refractivity contribution is 7.98. The first-order valence-corrected chi connectivity index (χ1v) is 4.26. The van der Waals surface area contributed by atoms with Crippen molar-refractivity contribution in [1.29, 1.82) is 0 Å². The molecule has 1 rings (SSSR count). The van der Waals surface area contributed by atoms with Crippen LogP contribution in [0.4, 0.5) is 5.69 Å². The van der Waals surface area contributed by atoms with Gasteiger partial charge in [-0.3, -0.25) is 4.98 Å². The Kier molecular flexibility index (Phi) is 2.57. The SMILES string of the molecule is CNc1cnccc1SC. The van der Waals surface area contributed by atoms with Gasteiger partial charge in [0.1, 0.15) is 0 Å². The van der Waals surface area contributed by atoms with Crippen LogP contribution < -0.4 is 5.32 Å². The van der Waals surface area contributed by atoms with Gasteiger partial charge in [0.2, 0.25) is 0 Å². The summed E-state index contributed by atoms with van der Waals surface area (Å²) in [6.45, 7) is 0. The summed E-state index contributed by atoms with van der Waals surface area (Å²) in [5, 5.41) is 3.06. The molecule has 0 saturated carbocycles. The average molecular weight is 154 g/mol. The number of hydrogen-bond donors (Lipinski definition) is 1. The summed E-state index contributed by atoms with van der Waals surface area (Å²) in [5.41, 5.74) is 1.09. The van der Waals surface area contributed by atoms with Crippen LogP contribution in [0.3, 0.4) is 0 Å². The van der Waals surface area contributed by atoms with Crippen molar-refractivity contribution in [2.45, 2.75) is 4.90 Å². The smallest absolute Gasteiger partial charge is 0.0662 e. The molecule has 0 bridgehead atoms. The van der Waals surface area contributed by atoms with E-state index in [9.17, 15) is 0 Å². The Morgan fingerprint density at radius 3 is 2.90 bits per heavy atom. The second-order valence-corrected chi connectivity index (χ2v) is 2.67. The van der Waals surface area contributed by atoms with Crippen LogP contribution in [-0.2, 0) is 0 Å². The number of nitrogens with one attached hydrogen (secondary N) is 1. The van der Waals surface area contributed by atoms with Crippen molar-refractivity contribution in [1.82, 2.24) is 4.98 Å². The predicted molar refractivity (Wildman–Crippen MR) is 45.6 cm³/mol. The van der Waals surface area contributed by atoms with Gasteiger partial charge >= 0.3 is 0 Å². The Labute approximate surface area is 65.1 Å². The Morgan fingerprint density at radius 2 is 2.40 bits per heavy atom. The van der Waals surface area contributed by atoms with Gasteiger partial charge in [-0.1, -0.05) is 0 Å². The van der Waals surface area contributed by atoms with Crippen LogP contribution in [0.25, 0.3) is 0 Å². The summed E-state index contributed by atoms with van der Waals surface area (Å²) in [5.74, 6) is 0. The average Bonchev–Trinajstić information content (AvgIpc) is 2.04. The van der Waals surface area contributed by atoms with Crippen LogP contribution in [0.2, 0.25) is 0 Å². The molecule has 1 aromatic rings. The molecule has 0 aliphatic rings. The third kappa shape index (κ3) is 1.42. The first kappa shape index (κ1) is 7.41. The monoisotopic (exact) mass is 154 g/mol. The molecule has 2 nitrogen and oxygen atoms in total. The molecule has 0 atom stereocenters. The molecule has 3 heteroatoms. The summed E-state index contributed by atoms with van der Waals surface area (Å²) in [6, 6.07) is 2.00. The quantitative estimate of drug-likeness (QED) is 0.658. The van der Waals surface area contributed by atoms with E-state index in [0.717, 1.165) is 5.69 Å². The Hall–Kier alpha value is -0.700. The van der Waals surface area contributed by atoms with Crippen LogP contribution >= 0.6 is 11.8 Å². The van der Waals surface area contributed by atoms with Gasteiger partial charge in [0, 0.05) is 18.1 Å². The lowest BCUT2D eigenvalue weighted by molar-refractivity contribution is 1.25. The Morgan fingerprint density at radius 1 is 1.60 bits per heavy atom. The van der Waals surface area contributed by atoms with E-state index in [1.54, 1.807) is 18.0 Å². The minimum atomic E-state index is 1.09. The summed E-state index contributed by atoms with van der Waals surface area (Å²) >= 11 is 1.72. The molecule has 0 fully saturated rings. The molecule has 54 valence electrons. The zero-order valence-corrected chi connectivity index (χ0v) is 6.90. The Bertz CT molecular complexity index is 190. The van der Waals surface area contributed by atoms with E-state index in [-0.39, 0.29) is 0 Å². The minimum absolute atomic E-state index is 1.09. The fourth-order valence-corrected chi connectivity index (χ4v) is 1.32. The van der Waals surface area contributed by atoms with Gasteiger partial charge in [-0.25, -0.2) is 0 Å². The van der Waals surface area contributed by atoms with E-state index >= 15 is 0 Å².